The summed E-state index contributed by atoms with van der Waals surface area (Å²) in [5, 5.41) is 13.0. The lowest BCUT2D eigenvalue weighted by atomic mass is 9.49. The number of hydrogen-bond acceptors (Lipinski definition) is 6. The summed E-state index contributed by atoms with van der Waals surface area (Å²) in [6.45, 7) is 0. The summed E-state index contributed by atoms with van der Waals surface area (Å²) in [5.74, 6) is 0. The minimum Gasteiger partial charge on any atom is -0.456 e. The Labute approximate surface area is 573 Å². The lowest BCUT2D eigenvalue weighted by Gasteiger charge is -2.51. The van der Waals surface area contributed by atoms with E-state index in [2.05, 4.69) is 325 Å². The maximum atomic E-state index is 6.83. The van der Waals surface area contributed by atoms with Gasteiger partial charge in [-0.25, -0.2) is 0 Å². The van der Waals surface area contributed by atoms with Crippen molar-refractivity contribution in [3.63, 3.8) is 0 Å². The third kappa shape index (κ3) is 7.40. The molecule has 20 aromatic rings. The molecular formula is C94H56N2O4. The molecule has 0 N–H and O–H groups in total. The Hall–Kier alpha value is -13.2. The summed E-state index contributed by atoms with van der Waals surface area (Å²) < 4.78 is 27.3. The fourth-order valence-corrected chi connectivity index (χ4v) is 18.1. The molecule has 2 aliphatic rings. The summed E-state index contributed by atoms with van der Waals surface area (Å²) in [5.41, 5.74) is 22.2. The van der Waals surface area contributed by atoms with Crippen LogP contribution in [0.2, 0.25) is 0 Å². The number of rotatable bonds is 9. The molecule has 22 rings (SSSR count). The van der Waals surface area contributed by atoms with Crippen molar-refractivity contribution in [2.45, 2.75) is 10.8 Å². The van der Waals surface area contributed by atoms with Crippen LogP contribution < -0.4 is 9.80 Å². The molecule has 466 valence electrons. The van der Waals surface area contributed by atoms with E-state index in [-0.39, 0.29) is 0 Å². The summed E-state index contributed by atoms with van der Waals surface area (Å²) >= 11 is 0. The van der Waals surface area contributed by atoms with Crippen LogP contribution in [0.4, 0.5) is 34.1 Å². The Morgan fingerprint density at radius 1 is 0.190 bits per heavy atom. The fraction of sp³-hybridized carbons (Fsp3) is 0.0213. The first-order chi connectivity index (χ1) is 49.6. The lowest BCUT2D eigenvalue weighted by Crippen LogP contribution is -2.50. The van der Waals surface area contributed by atoms with Crippen molar-refractivity contribution in [2.24, 2.45) is 0 Å². The van der Waals surface area contributed by atoms with E-state index in [4.69, 9.17) is 17.7 Å². The Morgan fingerprint density at radius 3 is 0.780 bits per heavy atom. The van der Waals surface area contributed by atoms with Gasteiger partial charge >= 0.3 is 0 Å². The van der Waals surface area contributed by atoms with Crippen LogP contribution >= 0.6 is 0 Å². The zero-order valence-corrected chi connectivity index (χ0v) is 53.9. The van der Waals surface area contributed by atoms with Gasteiger partial charge in [0.2, 0.25) is 0 Å². The van der Waals surface area contributed by atoms with Gasteiger partial charge in [-0.3, -0.25) is 0 Å². The van der Waals surface area contributed by atoms with Crippen molar-refractivity contribution in [1.82, 2.24) is 0 Å². The lowest BCUT2D eigenvalue weighted by molar-refractivity contribution is 0.438. The van der Waals surface area contributed by atoms with Gasteiger partial charge in [-0.05, 0) is 151 Å². The summed E-state index contributed by atoms with van der Waals surface area (Å²) in [6.07, 6.45) is 0. The second kappa shape index (κ2) is 20.7. The Bertz CT molecular complexity index is 6190. The molecule has 16 aromatic carbocycles. The Kier molecular flexibility index (Phi) is 11.4. The smallest absolute Gasteiger partial charge is 0.137 e. The number of nitrogens with zero attached hydrogens (tertiary/aromatic N) is 2. The van der Waals surface area contributed by atoms with Crippen LogP contribution in [-0.4, -0.2) is 0 Å². The molecule has 4 aromatic heterocycles. The van der Waals surface area contributed by atoms with E-state index >= 15 is 0 Å². The highest BCUT2D eigenvalue weighted by molar-refractivity contribution is 6.17. The van der Waals surface area contributed by atoms with E-state index in [1.165, 1.54) is 44.5 Å². The fourth-order valence-electron chi connectivity index (χ4n) is 18.1. The molecule has 0 saturated carbocycles. The van der Waals surface area contributed by atoms with E-state index in [1.807, 2.05) is 24.3 Å². The van der Waals surface area contributed by atoms with Crippen LogP contribution in [0, 0.1) is 0 Å². The third-order valence-corrected chi connectivity index (χ3v) is 22.0. The molecule has 2 aliphatic carbocycles. The first-order valence-electron chi connectivity index (χ1n) is 34.3. The van der Waals surface area contributed by atoms with Gasteiger partial charge in [0.05, 0.1) is 22.2 Å². The van der Waals surface area contributed by atoms with E-state index in [1.54, 1.807) is 0 Å². The Balaban J connectivity index is 0.890. The third-order valence-electron chi connectivity index (χ3n) is 22.0. The largest absolute Gasteiger partial charge is 0.456 e. The molecule has 6 heteroatoms. The summed E-state index contributed by atoms with van der Waals surface area (Å²) in [7, 11) is 0. The molecule has 0 bridgehead atoms. The zero-order chi connectivity index (χ0) is 65.4. The van der Waals surface area contributed by atoms with E-state index in [0.29, 0.717) is 0 Å². The summed E-state index contributed by atoms with van der Waals surface area (Å²) in [4.78, 5) is 4.90. The molecule has 4 heterocycles. The zero-order valence-electron chi connectivity index (χ0n) is 53.9. The molecule has 0 amide bonds. The normalized spacial score (nSPS) is 15.5. The van der Waals surface area contributed by atoms with E-state index < -0.39 is 10.8 Å². The van der Waals surface area contributed by atoms with Crippen molar-refractivity contribution in [2.75, 3.05) is 9.80 Å². The minimum atomic E-state index is -1.04. The SMILES string of the molecule is c1ccc(C2(C3(c4ccccc4)c4ccccc4-c4c3cc(N(c3ccc5c(c3)oc3ccccc35)c3ccc5c(c3)oc3ccccc35)c3ccccc43)c3ccccc3-c3c2cc(N(c2ccc4c(c2)oc2ccccc24)c2ccc4c(c2)oc2ccccc24)c2ccccc32)cc1. The summed E-state index contributed by atoms with van der Waals surface area (Å²) in [6, 6.07) is 125. The molecule has 2 atom stereocenters. The first kappa shape index (κ1) is 55.0. The number of hydrogen-bond donors (Lipinski definition) is 0. The molecule has 0 aliphatic heterocycles. The monoisotopic (exact) mass is 1280 g/mol. The quantitative estimate of drug-likeness (QED) is 0.144. The van der Waals surface area contributed by atoms with Crippen LogP contribution in [0.25, 0.3) is 132 Å². The average molecular weight is 1280 g/mol. The predicted molar refractivity (Wildman–Crippen MR) is 410 cm³/mol. The van der Waals surface area contributed by atoms with Crippen LogP contribution in [0.5, 0.6) is 0 Å². The van der Waals surface area contributed by atoms with Gasteiger partial charge in [-0.15, -0.1) is 0 Å². The molecule has 0 spiro atoms. The number of fused-ring (bicyclic) bond motifs is 22. The van der Waals surface area contributed by atoms with Crippen molar-refractivity contribution >= 4 is 143 Å². The van der Waals surface area contributed by atoms with Crippen LogP contribution in [0.15, 0.2) is 357 Å². The molecule has 0 saturated heterocycles. The predicted octanol–water partition coefficient (Wildman–Crippen LogP) is 25.9. The molecule has 0 radical (unpaired) electrons. The van der Waals surface area contributed by atoms with Gasteiger partial charge < -0.3 is 27.5 Å². The van der Waals surface area contributed by atoms with Gasteiger partial charge in [0.1, 0.15) is 44.7 Å². The second-order valence-corrected chi connectivity index (χ2v) is 26.8. The Morgan fingerprint density at radius 2 is 0.450 bits per heavy atom. The topological polar surface area (TPSA) is 59.0 Å². The second-order valence-electron chi connectivity index (χ2n) is 26.8. The maximum absolute atomic E-state index is 6.83. The number of furan rings is 4. The van der Waals surface area contributed by atoms with Gasteiger partial charge in [0, 0.05) is 101 Å². The minimum absolute atomic E-state index is 0.805. The molecule has 6 nitrogen and oxygen atoms in total. The van der Waals surface area contributed by atoms with E-state index in [0.717, 1.165) is 155 Å². The molecule has 2 unspecified atom stereocenters. The van der Waals surface area contributed by atoms with Crippen molar-refractivity contribution in [3.05, 3.63) is 373 Å². The van der Waals surface area contributed by atoms with Crippen molar-refractivity contribution in [3.8, 4) is 22.3 Å². The highest BCUT2D eigenvalue weighted by atomic mass is 16.3. The first-order valence-corrected chi connectivity index (χ1v) is 34.3. The van der Waals surface area contributed by atoms with Crippen LogP contribution in [0.3, 0.4) is 0 Å². The van der Waals surface area contributed by atoms with Crippen LogP contribution in [-0.2, 0) is 10.8 Å². The van der Waals surface area contributed by atoms with E-state index in [9.17, 15) is 0 Å². The van der Waals surface area contributed by atoms with Gasteiger partial charge in [0.15, 0.2) is 0 Å². The van der Waals surface area contributed by atoms with Gasteiger partial charge in [0.25, 0.3) is 0 Å². The standard InChI is InChI=1S/C94H56N2O4/c1-3-23-57(24-4-1)93(77-37-17-11-35-75(77)91-73-33-9-7-27-63(73)81(55-79(91)93)95(59-43-47-69-65-29-13-19-39-83(65)97-87(69)51-59)60-44-48-70-66-30-14-20-40-84(66)98-88(70)52-60)94(58-25-5-2-6-26-58)78-38-18-12-36-76(78)92-74-34-10-8-28-64(74)82(56-80(92)94)96(61-45-49-71-67-31-15-21-41-85(67)99-89(71)53-61)62-46-50-72-68-32-16-22-42-86(68)100-90(72)54-62/h1-56H. The number of para-hydroxylation sites is 4. The van der Waals surface area contributed by atoms with Crippen molar-refractivity contribution in [1.29, 1.82) is 0 Å². The molecule has 0 fully saturated rings. The molecule has 100 heavy (non-hydrogen) atoms. The maximum Gasteiger partial charge on any atom is 0.137 e. The highest BCUT2D eigenvalue weighted by Gasteiger charge is 2.65. The van der Waals surface area contributed by atoms with Crippen LogP contribution in [0.1, 0.15) is 33.4 Å². The van der Waals surface area contributed by atoms with Crippen molar-refractivity contribution < 1.29 is 17.7 Å². The highest BCUT2D eigenvalue weighted by Crippen LogP contribution is 2.72. The van der Waals surface area contributed by atoms with Gasteiger partial charge in [-0.2, -0.15) is 0 Å². The number of anilines is 6. The van der Waals surface area contributed by atoms with Gasteiger partial charge in [-0.1, -0.05) is 231 Å². The average Bonchev–Trinajstić information content (AvgIpc) is 1.47. The number of benzene rings is 16. The molecular weight excluding hydrogens is 1220 g/mol.